The van der Waals surface area contributed by atoms with Crippen LogP contribution in [0, 0.1) is 12.3 Å². The maximum Gasteiger partial charge on any atom is 0.124 e. The van der Waals surface area contributed by atoms with E-state index in [-0.39, 0.29) is 12.0 Å². The minimum absolute atomic E-state index is 0.0659. The van der Waals surface area contributed by atoms with Crippen molar-refractivity contribution >= 4 is 0 Å². The smallest absolute Gasteiger partial charge is 0.124 e. The molecule has 19 heavy (non-hydrogen) atoms. The normalized spacial score (nSPS) is 18.1. The highest BCUT2D eigenvalue weighted by molar-refractivity contribution is 5.38. The number of hydrogen-bond donors (Lipinski definition) is 3. The van der Waals surface area contributed by atoms with Gasteiger partial charge in [-0.3, -0.25) is 0 Å². The predicted molar refractivity (Wildman–Crippen MR) is 74.3 cm³/mol. The molecule has 3 N–H and O–H groups in total. The van der Waals surface area contributed by atoms with E-state index in [9.17, 15) is 10.2 Å². The Hall–Kier alpha value is -1.10. The van der Waals surface area contributed by atoms with Crippen molar-refractivity contribution in [3.05, 3.63) is 29.3 Å². The number of hydrogen-bond acceptors (Lipinski definition) is 4. The molecular weight excluding hydrogens is 242 g/mol. The molecule has 1 aromatic carbocycles. The molecule has 4 heteroatoms. The summed E-state index contributed by atoms with van der Waals surface area (Å²) in [6, 6.07) is 5.79. The number of aryl methyl sites for hydroxylation is 1. The summed E-state index contributed by atoms with van der Waals surface area (Å²) in [6.45, 7) is 3.45. The molecule has 0 amide bonds. The van der Waals surface area contributed by atoms with Crippen LogP contribution in [0.2, 0.25) is 0 Å². The third-order valence-electron chi connectivity index (χ3n) is 3.87. The van der Waals surface area contributed by atoms with E-state index in [4.69, 9.17) is 4.74 Å². The van der Waals surface area contributed by atoms with Crippen LogP contribution >= 0.6 is 0 Å². The molecule has 4 nitrogen and oxygen atoms in total. The number of ether oxygens (including phenoxy) is 1. The van der Waals surface area contributed by atoms with Gasteiger partial charge in [0.05, 0.1) is 13.2 Å². The second kappa shape index (κ2) is 5.90. The van der Waals surface area contributed by atoms with Crippen LogP contribution in [0.15, 0.2) is 18.2 Å². The molecule has 0 spiro atoms. The zero-order chi connectivity index (χ0) is 13.9. The van der Waals surface area contributed by atoms with Gasteiger partial charge in [-0.2, -0.15) is 0 Å². The van der Waals surface area contributed by atoms with Crippen LogP contribution in [0.3, 0.4) is 0 Å². The fourth-order valence-corrected chi connectivity index (χ4v) is 2.27. The monoisotopic (exact) mass is 265 g/mol. The van der Waals surface area contributed by atoms with Gasteiger partial charge in [0.1, 0.15) is 5.75 Å². The highest BCUT2D eigenvalue weighted by Gasteiger charge is 2.41. The minimum Gasteiger partial charge on any atom is -0.496 e. The average molecular weight is 265 g/mol. The Balaban J connectivity index is 1.92. The zero-order valence-electron chi connectivity index (χ0n) is 11.6. The van der Waals surface area contributed by atoms with E-state index in [2.05, 4.69) is 5.32 Å². The maximum atomic E-state index is 10.2. The second-order valence-corrected chi connectivity index (χ2v) is 5.55. The molecule has 0 aliphatic heterocycles. The standard InChI is InChI=1S/C15H23NO3/c1-11-3-4-14(19-2)12(7-11)13(18)8-16-9-15(10-17)5-6-15/h3-4,7,13,16-18H,5-6,8-10H2,1-2H3. The summed E-state index contributed by atoms with van der Waals surface area (Å²) >= 11 is 0. The number of nitrogens with one attached hydrogen (secondary N) is 1. The van der Waals surface area contributed by atoms with Gasteiger partial charge < -0.3 is 20.3 Å². The number of methoxy groups -OCH3 is 1. The first-order chi connectivity index (χ1) is 9.10. The van der Waals surface area contributed by atoms with Gasteiger partial charge in [0.25, 0.3) is 0 Å². The lowest BCUT2D eigenvalue weighted by atomic mass is 10.0. The van der Waals surface area contributed by atoms with Gasteiger partial charge in [0.15, 0.2) is 0 Å². The van der Waals surface area contributed by atoms with E-state index in [0.717, 1.165) is 30.5 Å². The van der Waals surface area contributed by atoms with Crippen molar-refractivity contribution in [1.82, 2.24) is 5.32 Å². The van der Waals surface area contributed by atoms with E-state index in [1.807, 2.05) is 25.1 Å². The molecule has 0 aromatic heterocycles. The fraction of sp³-hybridized carbons (Fsp3) is 0.600. The Morgan fingerprint density at radius 1 is 1.42 bits per heavy atom. The summed E-state index contributed by atoms with van der Waals surface area (Å²) in [5.41, 5.74) is 1.98. The molecule has 1 fully saturated rings. The maximum absolute atomic E-state index is 10.2. The van der Waals surface area contributed by atoms with E-state index in [0.29, 0.717) is 12.3 Å². The fourth-order valence-electron chi connectivity index (χ4n) is 2.27. The van der Waals surface area contributed by atoms with Crippen molar-refractivity contribution in [1.29, 1.82) is 0 Å². The largest absolute Gasteiger partial charge is 0.496 e. The molecule has 0 saturated heterocycles. The van der Waals surface area contributed by atoms with Crippen molar-refractivity contribution in [2.24, 2.45) is 5.41 Å². The topological polar surface area (TPSA) is 61.7 Å². The van der Waals surface area contributed by atoms with Crippen LogP contribution in [0.4, 0.5) is 0 Å². The summed E-state index contributed by atoms with van der Waals surface area (Å²) in [6.07, 6.45) is 1.55. The van der Waals surface area contributed by atoms with Crippen LogP contribution in [-0.2, 0) is 0 Å². The van der Waals surface area contributed by atoms with Gasteiger partial charge in [-0.15, -0.1) is 0 Å². The Kier molecular flexibility index (Phi) is 4.45. The lowest BCUT2D eigenvalue weighted by Gasteiger charge is -2.18. The summed E-state index contributed by atoms with van der Waals surface area (Å²) in [5, 5.41) is 22.7. The van der Waals surface area contributed by atoms with Crippen LogP contribution in [0.25, 0.3) is 0 Å². The average Bonchev–Trinajstić information content (AvgIpc) is 3.19. The summed E-state index contributed by atoms with van der Waals surface area (Å²) < 4.78 is 5.27. The molecule has 0 radical (unpaired) electrons. The Morgan fingerprint density at radius 2 is 2.16 bits per heavy atom. The molecule has 106 valence electrons. The molecule has 1 aromatic rings. The zero-order valence-corrected chi connectivity index (χ0v) is 11.6. The third-order valence-corrected chi connectivity index (χ3v) is 3.87. The molecule has 1 saturated carbocycles. The second-order valence-electron chi connectivity index (χ2n) is 5.55. The Bertz CT molecular complexity index is 429. The lowest BCUT2D eigenvalue weighted by Crippen LogP contribution is -2.30. The molecule has 1 atom stereocenters. The SMILES string of the molecule is COc1ccc(C)cc1C(O)CNCC1(CO)CC1. The van der Waals surface area contributed by atoms with Gasteiger partial charge in [-0.25, -0.2) is 0 Å². The van der Waals surface area contributed by atoms with Gasteiger partial charge >= 0.3 is 0 Å². The Morgan fingerprint density at radius 3 is 2.74 bits per heavy atom. The summed E-state index contributed by atoms with van der Waals surface area (Å²) in [7, 11) is 1.61. The van der Waals surface area contributed by atoms with E-state index in [1.54, 1.807) is 7.11 Å². The lowest BCUT2D eigenvalue weighted by molar-refractivity contribution is 0.159. The quantitative estimate of drug-likeness (QED) is 0.697. The van der Waals surface area contributed by atoms with E-state index < -0.39 is 6.10 Å². The number of rotatable bonds is 7. The van der Waals surface area contributed by atoms with Crippen LogP contribution in [-0.4, -0.2) is 37.0 Å². The minimum atomic E-state index is -0.593. The van der Waals surface area contributed by atoms with Crippen LogP contribution in [0.1, 0.15) is 30.1 Å². The number of benzene rings is 1. The molecule has 0 bridgehead atoms. The first-order valence-electron chi connectivity index (χ1n) is 6.74. The molecule has 1 unspecified atom stereocenters. The first-order valence-corrected chi connectivity index (χ1v) is 6.74. The van der Waals surface area contributed by atoms with Crippen molar-refractivity contribution in [3.63, 3.8) is 0 Å². The van der Waals surface area contributed by atoms with Gasteiger partial charge in [0, 0.05) is 30.7 Å². The van der Waals surface area contributed by atoms with Gasteiger partial charge in [0.2, 0.25) is 0 Å². The van der Waals surface area contributed by atoms with Crippen molar-refractivity contribution in [2.45, 2.75) is 25.9 Å². The van der Waals surface area contributed by atoms with Crippen molar-refractivity contribution < 1.29 is 14.9 Å². The van der Waals surface area contributed by atoms with E-state index in [1.165, 1.54) is 0 Å². The van der Waals surface area contributed by atoms with Crippen LogP contribution in [0.5, 0.6) is 5.75 Å². The highest BCUT2D eigenvalue weighted by Crippen LogP contribution is 2.44. The number of aliphatic hydroxyl groups excluding tert-OH is 2. The Labute approximate surface area is 114 Å². The van der Waals surface area contributed by atoms with E-state index >= 15 is 0 Å². The summed E-state index contributed by atoms with van der Waals surface area (Å²) in [4.78, 5) is 0. The number of aliphatic hydroxyl groups is 2. The summed E-state index contributed by atoms with van der Waals surface area (Å²) in [5.74, 6) is 0.711. The molecule has 2 rings (SSSR count). The van der Waals surface area contributed by atoms with Crippen molar-refractivity contribution in [2.75, 3.05) is 26.8 Å². The molecular formula is C15H23NO3. The van der Waals surface area contributed by atoms with Crippen LogP contribution < -0.4 is 10.1 Å². The predicted octanol–water partition coefficient (Wildman–Crippen LogP) is 1.40. The first kappa shape index (κ1) is 14.3. The van der Waals surface area contributed by atoms with Gasteiger partial charge in [-0.05, 0) is 31.9 Å². The molecule has 1 aliphatic rings. The third kappa shape index (κ3) is 3.47. The van der Waals surface area contributed by atoms with Crippen molar-refractivity contribution in [3.8, 4) is 5.75 Å². The van der Waals surface area contributed by atoms with Gasteiger partial charge in [-0.1, -0.05) is 11.6 Å². The molecule has 1 aliphatic carbocycles. The molecule has 0 heterocycles. The highest BCUT2D eigenvalue weighted by atomic mass is 16.5.